The van der Waals surface area contributed by atoms with Crippen LogP contribution in [0.4, 0.5) is 4.39 Å². The predicted octanol–water partition coefficient (Wildman–Crippen LogP) is 2.58. The highest BCUT2D eigenvalue weighted by Crippen LogP contribution is 2.37. The molecule has 5 heteroatoms. The summed E-state index contributed by atoms with van der Waals surface area (Å²) in [5.74, 6) is -0.286. The van der Waals surface area contributed by atoms with E-state index in [1.165, 1.54) is 13.2 Å². The molecule has 0 spiro atoms. The first-order chi connectivity index (χ1) is 7.61. The smallest absolute Gasteiger partial charge is 0.163 e. The topological polar surface area (TPSA) is 55.5 Å². The minimum Gasteiger partial charge on any atom is -0.504 e. The summed E-state index contributed by atoms with van der Waals surface area (Å²) in [6.07, 6.45) is 1.99. The number of benzene rings is 1. The van der Waals surface area contributed by atoms with Gasteiger partial charge in [0.15, 0.2) is 11.5 Å². The average molecular weight is 292 g/mol. The highest BCUT2D eigenvalue weighted by Gasteiger charge is 2.16. The molecule has 3 nitrogen and oxygen atoms in total. The number of aromatic hydroxyl groups is 1. The van der Waals surface area contributed by atoms with Gasteiger partial charge < -0.3 is 15.6 Å². The van der Waals surface area contributed by atoms with Crippen molar-refractivity contribution in [3.8, 4) is 11.5 Å². The van der Waals surface area contributed by atoms with Crippen molar-refractivity contribution in [3.63, 3.8) is 0 Å². The van der Waals surface area contributed by atoms with Crippen LogP contribution in [-0.2, 0) is 6.42 Å². The van der Waals surface area contributed by atoms with E-state index in [9.17, 15) is 9.50 Å². The van der Waals surface area contributed by atoms with Crippen molar-refractivity contribution < 1.29 is 14.2 Å². The summed E-state index contributed by atoms with van der Waals surface area (Å²) < 4.78 is 19.0. The van der Waals surface area contributed by atoms with Gasteiger partial charge in [0.05, 0.1) is 11.6 Å². The third kappa shape index (κ3) is 2.86. The molecule has 0 saturated carbocycles. The molecule has 0 amide bonds. The zero-order valence-corrected chi connectivity index (χ0v) is 10.7. The maximum absolute atomic E-state index is 13.7. The minimum atomic E-state index is -0.435. The van der Waals surface area contributed by atoms with Crippen molar-refractivity contribution >= 4 is 15.9 Å². The van der Waals surface area contributed by atoms with Crippen LogP contribution in [0.5, 0.6) is 11.5 Å². The minimum absolute atomic E-state index is 0.125. The molecular formula is C11H15BrFNO2. The van der Waals surface area contributed by atoms with Gasteiger partial charge in [-0.2, -0.15) is 0 Å². The quantitative estimate of drug-likeness (QED) is 0.820. The molecule has 0 aliphatic heterocycles. The van der Waals surface area contributed by atoms with Crippen LogP contribution < -0.4 is 10.5 Å². The van der Waals surface area contributed by atoms with Gasteiger partial charge in [-0.05, 0) is 41.7 Å². The van der Waals surface area contributed by atoms with E-state index in [1.54, 1.807) is 0 Å². The van der Waals surface area contributed by atoms with Crippen LogP contribution in [0.15, 0.2) is 10.5 Å². The lowest BCUT2D eigenvalue weighted by molar-refractivity contribution is 0.366. The highest BCUT2D eigenvalue weighted by molar-refractivity contribution is 9.10. The molecule has 1 aromatic rings. The summed E-state index contributed by atoms with van der Waals surface area (Å²) in [6.45, 7) is 0.563. The first-order valence-electron chi connectivity index (χ1n) is 5.05. The lowest BCUT2D eigenvalue weighted by Crippen LogP contribution is -2.01. The fourth-order valence-electron chi connectivity index (χ4n) is 1.47. The zero-order chi connectivity index (χ0) is 12.1. The Bertz CT molecular complexity index is 371. The van der Waals surface area contributed by atoms with Gasteiger partial charge in [0.1, 0.15) is 5.82 Å². The Kier molecular flexibility index (Phi) is 5.02. The van der Waals surface area contributed by atoms with Crippen LogP contribution >= 0.6 is 15.9 Å². The first kappa shape index (κ1) is 13.3. The van der Waals surface area contributed by atoms with Gasteiger partial charge >= 0.3 is 0 Å². The first-order valence-corrected chi connectivity index (χ1v) is 5.85. The molecule has 0 bridgehead atoms. The van der Waals surface area contributed by atoms with E-state index >= 15 is 0 Å². The SMILES string of the molecule is COc1cc(Br)c(F)c(CCCCN)c1O. The molecule has 0 aromatic heterocycles. The normalized spacial score (nSPS) is 10.5. The maximum Gasteiger partial charge on any atom is 0.163 e. The molecule has 3 N–H and O–H groups in total. The van der Waals surface area contributed by atoms with Gasteiger partial charge in [0.2, 0.25) is 0 Å². The van der Waals surface area contributed by atoms with Crippen molar-refractivity contribution in [2.24, 2.45) is 5.73 Å². The second-order valence-corrected chi connectivity index (χ2v) is 4.30. The number of phenols is 1. The molecular weight excluding hydrogens is 277 g/mol. The van der Waals surface area contributed by atoms with Crippen molar-refractivity contribution in [2.45, 2.75) is 19.3 Å². The number of hydrogen-bond donors (Lipinski definition) is 2. The third-order valence-electron chi connectivity index (χ3n) is 2.35. The zero-order valence-electron chi connectivity index (χ0n) is 9.09. The fourth-order valence-corrected chi connectivity index (χ4v) is 1.92. The molecule has 0 aliphatic carbocycles. The number of methoxy groups -OCH3 is 1. The molecule has 16 heavy (non-hydrogen) atoms. The number of rotatable bonds is 5. The molecule has 0 aliphatic rings. The van der Waals surface area contributed by atoms with Crippen molar-refractivity contribution in [1.82, 2.24) is 0 Å². The van der Waals surface area contributed by atoms with Crippen LogP contribution in [0.25, 0.3) is 0 Å². The summed E-state index contributed by atoms with van der Waals surface area (Å²) in [4.78, 5) is 0. The standard InChI is InChI=1S/C11H15BrFNO2/c1-16-9-6-8(12)10(13)7(11(9)15)4-2-3-5-14/h6,15H,2-5,14H2,1H3. The molecule has 1 rings (SSSR count). The Morgan fingerprint density at radius 1 is 1.50 bits per heavy atom. The molecule has 0 fully saturated rings. The maximum atomic E-state index is 13.7. The number of unbranched alkanes of at least 4 members (excludes halogenated alkanes) is 1. The largest absolute Gasteiger partial charge is 0.504 e. The van der Waals surface area contributed by atoms with Gasteiger partial charge in [0, 0.05) is 11.6 Å². The average Bonchev–Trinajstić information content (AvgIpc) is 2.28. The monoisotopic (exact) mass is 291 g/mol. The lowest BCUT2D eigenvalue weighted by atomic mass is 10.1. The van der Waals surface area contributed by atoms with Gasteiger partial charge in [-0.25, -0.2) is 4.39 Å². The summed E-state index contributed by atoms with van der Waals surface area (Å²) >= 11 is 3.09. The second kappa shape index (κ2) is 6.06. The van der Waals surface area contributed by atoms with Gasteiger partial charge in [-0.15, -0.1) is 0 Å². The van der Waals surface area contributed by atoms with E-state index in [0.717, 1.165) is 12.8 Å². The Balaban J connectivity index is 3.00. The Morgan fingerprint density at radius 3 is 2.75 bits per heavy atom. The van der Waals surface area contributed by atoms with E-state index in [0.29, 0.717) is 17.4 Å². The Hall–Kier alpha value is -0.810. The van der Waals surface area contributed by atoms with E-state index in [-0.39, 0.29) is 17.1 Å². The van der Waals surface area contributed by atoms with Gasteiger partial charge in [-0.3, -0.25) is 0 Å². The van der Waals surface area contributed by atoms with Crippen LogP contribution in [0.2, 0.25) is 0 Å². The number of ether oxygens (including phenoxy) is 1. The second-order valence-electron chi connectivity index (χ2n) is 3.45. The van der Waals surface area contributed by atoms with Crippen LogP contribution in [0.3, 0.4) is 0 Å². The van der Waals surface area contributed by atoms with E-state index in [1.807, 2.05) is 0 Å². The van der Waals surface area contributed by atoms with E-state index in [2.05, 4.69) is 15.9 Å². The van der Waals surface area contributed by atoms with Crippen LogP contribution in [-0.4, -0.2) is 18.8 Å². The summed E-state index contributed by atoms with van der Waals surface area (Å²) in [5.41, 5.74) is 5.64. The van der Waals surface area contributed by atoms with Gasteiger partial charge in [-0.1, -0.05) is 0 Å². The molecule has 0 radical (unpaired) electrons. The number of halogens is 2. The summed E-state index contributed by atoms with van der Waals surface area (Å²) in [6, 6.07) is 1.41. The Morgan fingerprint density at radius 2 is 2.19 bits per heavy atom. The van der Waals surface area contributed by atoms with E-state index in [4.69, 9.17) is 10.5 Å². The third-order valence-corrected chi connectivity index (χ3v) is 2.93. The summed E-state index contributed by atoms with van der Waals surface area (Å²) in [5, 5.41) is 9.78. The van der Waals surface area contributed by atoms with Gasteiger partial charge in [0.25, 0.3) is 0 Å². The van der Waals surface area contributed by atoms with Crippen LogP contribution in [0, 0.1) is 5.82 Å². The highest BCUT2D eigenvalue weighted by atomic mass is 79.9. The molecule has 1 aromatic carbocycles. The summed E-state index contributed by atoms with van der Waals surface area (Å²) in [7, 11) is 1.43. The lowest BCUT2D eigenvalue weighted by Gasteiger charge is -2.11. The van der Waals surface area contributed by atoms with Crippen LogP contribution in [0.1, 0.15) is 18.4 Å². The molecule has 0 saturated heterocycles. The Labute approximate surface area is 103 Å². The number of hydrogen-bond acceptors (Lipinski definition) is 3. The van der Waals surface area contributed by atoms with E-state index < -0.39 is 5.82 Å². The predicted molar refractivity (Wildman–Crippen MR) is 64.3 cm³/mol. The van der Waals surface area contributed by atoms with Crippen molar-refractivity contribution in [2.75, 3.05) is 13.7 Å². The fraction of sp³-hybridized carbons (Fsp3) is 0.455. The van der Waals surface area contributed by atoms with Crippen molar-refractivity contribution in [1.29, 1.82) is 0 Å². The molecule has 0 atom stereocenters. The number of nitrogens with two attached hydrogens (primary N) is 1. The molecule has 0 heterocycles. The molecule has 90 valence electrons. The van der Waals surface area contributed by atoms with Crippen molar-refractivity contribution in [3.05, 3.63) is 21.9 Å². The molecule has 0 unspecified atom stereocenters. The number of phenolic OH excluding ortho intramolecular Hbond substituents is 1.